The Labute approximate surface area is 185 Å². The van der Waals surface area contributed by atoms with E-state index in [2.05, 4.69) is 5.32 Å². The number of hydrogen-bond acceptors (Lipinski definition) is 4. The molecule has 1 heterocycles. The highest BCUT2D eigenvalue weighted by molar-refractivity contribution is 6.01. The summed E-state index contributed by atoms with van der Waals surface area (Å²) in [6, 6.07) is 15.9. The van der Waals surface area contributed by atoms with E-state index in [0.29, 0.717) is 28.3 Å². The van der Waals surface area contributed by atoms with Gasteiger partial charge in [-0.1, -0.05) is 29.8 Å². The van der Waals surface area contributed by atoms with Crippen LogP contribution in [0.25, 0.3) is 0 Å². The van der Waals surface area contributed by atoms with Gasteiger partial charge in [0.25, 0.3) is 5.91 Å². The first-order valence-electron chi connectivity index (χ1n) is 10.1. The van der Waals surface area contributed by atoms with Crippen LogP contribution >= 0.6 is 0 Å². The number of carbonyl (C=O) groups excluding carboxylic acids is 2. The molecule has 1 N–H and O–H groups in total. The fourth-order valence-corrected chi connectivity index (χ4v) is 3.95. The molecule has 0 bridgehead atoms. The number of methoxy groups -OCH3 is 2. The van der Waals surface area contributed by atoms with E-state index < -0.39 is 6.04 Å². The third-order valence-electron chi connectivity index (χ3n) is 5.48. The molecule has 7 heteroatoms. The summed E-state index contributed by atoms with van der Waals surface area (Å²) in [6.45, 7) is 1.78. The number of nitrogens with one attached hydrogen (secondary N) is 1. The number of halogens is 1. The van der Waals surface area contributed by atoms with Crippen LogP contribution in [0.15, 0.2) is 60.7 Å². The summed E-state index contributed by atoms with van der Waals surface area (Å²) in [7, 11) is 3.01. The van der Waals surface area contributed by atoms with Crippen molar-refractivity contribution in [3.05, 3.63) is 88.7 Å². The first kappa shape index (κ1) is 21.4. The molecule has 3 aromatic carbocycles. The minimum Gasteiger partial charge on any atom is -0.493 e. The SMILES string of the molecule is COc1ccc(C(=O)N2CC(=O)Nc3ccc(C)cc3[C@@H]2c2ccc(F)cc2)cc1OC. The average Bonchev–Trinajstić information content (AvgIpc) is 2.94. The van der Waals surface area contributed by atoms with Crippen molar-refractivity contribution in [2.75, 3.05) is 26.1 Å². The molecule has 0 spiro atoms. The molecule has 0 saturated carbocycles. The average molecular weight is 434 g/mol. The number of aryl methyl sites for hydroxylation is 1. The zero-order valence-electron chi connectivity index (χ0n) is 18.0. The predicted molar refractivity (Wildman–Crippen MR) is 119 cm³/mol. The number of carbonyl (C=O) groups is 2. The number of benzene rings is 3. The summed E-state index contributed by atoms with van der Waals surface area (Å²) < 4.78 is 24.3. The van der Waals surface area contributed by atoms with Gasteiger partial charge in [-0.05, 0) is 48.9 Å². The molecule has 1 atom stereocenters. The lowest BCUT2D eigenvalue weighted by Gasteiger charge is -2.31. The maximum absolute atomic E-state index is 13.7. The van der Waals surface area contributed by atoms with Crippen molar-refractivity contribution in [1.29, 1.82) is 0 Å². The maximum atomic E-state index is 13.7. The lowest BCUT2D eigenvalue weighted by molar-refractivity contribution is -0.117. The highest BCUT2D eigenvalue weighted by Crippen LogP contribution is 2.38. The zero-order chi connectivity index (χ0) is 22.8. The number of hydrogen-bond donors (Lipinski definition) is 1. The molecule has 0 radical (unpaired) electrons. The molecule has 3 aromatic rings. The van der Waals surface area contributed by atoms with E-state index >= 15 is 0 Å². The molecular weight excluding hydrogens is 411 g/mol. The third kappa shape index (κ3) is 4.01. The quantitative estimate of drug-likeness (QED) is 0.664. The number of rotatable bonds is 4. The van der Waals surface area contributed by atoms with Crippen LogP contribution in [-0.4, -0.2) is 37.5 Å². The lowest BCUT2D eigenvalue weighted by atomic mass is 9.94. The summed E-state index contributed by atoms with van der Waals surface area (Å²) in [5, 5.41) is 2.89. The molecule has 1 aliphatic rings. The summed E-state index contributed by atoms with van der Waals surface area (Å²) in [4.78, 5) is 27.9. The second-order valence-electron chi connectivity index (χ2n) is 7.60. The highest BCUT2D eigenvalue weighted by atomic mass is 19.1. The van der Waals surface area contributed by atoms with Crippen molar-refractivity contribution in [2.45, 2.75) is 13.0 Å². The molecule has 0 saturated heterocycles. The Bertz CT molecular complexity index is 1180. The van der Waals surface area contributed by atoms with Gasteiger partial charge in [-0.15, -0.1) is 0 Å². The van der Waals surface area contributed by atoms with Gasteiger partial charge in [-0.25, -0.2) is 4.39 Å². The minimum absolute atomic E-state index is 0.164. The molecule has 0 fully saturated rings. The number of nitrogens with zero attached hydrogens (tertiary/aromatic N) is 1. The van der Waals surface area contributed by atoms with Crippen molar-refractivity contribution >= 4 is 17.5 Å². The van der Waals surface area contributed by atoms with Crippen LogP contribution in [0, 0.1) is 12.7 Å². The van der Waals surface area contributed by atoms with E-state index in [4.69, 9.17) is 9.47 Å². The van der Waals surface area contributed by atoms with Crippen LogP contribution < -0.4 is 14.8 Å². The number of ether oxygens (including phenoxy) is 2. The molecule has 4 rings (SSSR count). The van der Waals surface area contributed by atoms with Crippen LogP contribution in [0.5, 0.6) is 11.5 Å². The number of fused-ring (bicyclic) bond motifs is 1. The highest BCUT2D eigenvalue weighted by Gasteiger charge is 2.34. The fourth-order valence-electron chi connectivity index (χ4n) is 3.95. The summed E-state index contributed by atoms with van der Waals surface area (Å²) >= 11 is 0. The molecule has 6 nitrogen and oxygen atoms in total. The van der Waals surface area contributed by atoms with E-state index in [9.17, 15) is 14.0 Å². The van der Waals surface area contributed by atoms with Crippen LogP contribution in [0.4, 0.5) is 10.1 Å². The standard InChI is InChI=1S/C25H23FN2O4/c1-15-4-10-20-19(12-15)24(16-5-8-18(26)9-6-16)28(14-23(29)27-20)25(30)17-7-11-21(31-2)22(13-17)32-3/h4-13,24H,14H2,1-3H3,(H,27,29)/t24-/m0/s1. The Hall–Kier alpha value is -3.87. The van der Waals surface area contributed by atoms with Gasteiger partial charge in [-0.2, -0.15) is 0 Å². The monoisotopic (exact) mass is 434 g/mol. The number of amides is 2. The smallest absolute Gasteiger partial charge is 0.255 e. The van der Waals surface area contributed by atoms with Gasteiger partial charge in [0, 0.05) is 16.8 Å². The number of anilines is 1. The topological polar surface area (TPSA) is 67.9 Å². The van der Waals surface area contributed by atoms with E-state index in [-0.39, 0.29) is 24.2 Å². The van der Waals surface area contributed by atoms with Gasteiger partial charge in [-0.3, -0.25) is 9.59 Å². The summed E-state index contributed by atoms with van der Waals surface area (Å²) in [6.07, 6.45) is 0. The minimum atomic E-state index is -0.593. The van der Waals surface area contributed by atoms with E-state index in [0.717, 1.165) is 11.1 Å². The molecule has 32 heavy (non-hydrogen) atoms. The van der Waals surface area contributed by atoms with Crippen LogP contribution in [0.2, 0.25) is 0 Å². The molecule has 2 amide bonds. The van der Waals surface area contributed by atoms with Crippen molar-refractivity contribution < 1.29 is 23.5 Å². The van der Waals surface area contributed by atoms with Gasteiger partial charge in [0.1, 0.15) is 12.4 Å². The van der Waals surface area contributed by atoms with E-state index in [1.807, 2.05) is 25.1 Å². The Morgan fingerprint density at radius 3 is 2.41 bits per heavy atom. The predicted octanol–water partition coefficient (Wildman–Crippen LogP) is 4.34. The largest absolute Gasteiger partial charge is 0.493 e. The Morgan fingerprint density at radius 2 is 1.72 bits per heavy atom. The molecule has 1 aliphatic heterocycles. The fraction of sp³-hybridized carbons (Fsp3) is 0.200. The van der Waals surface area contributed by atoms with Crippen molar-refractivity contribution in [3.8, 4) is 11.5 Å². The van der Waals surface area contributed by atoms with E-state index in [1.54, 1.807) is 30.3 Å². The molecule has 0 unspecified atom stereocenters. The van der Waals surface area contributed by atoms with Gasteiger partial charge in [0.05, 0.1) is 20.3 Å². The second kappa shape index (κ2) is 8.70. The Balaban J connectivity index is 1.87. The Morgan fingerprint density at radius 1 is 1.00 bits per heavy atom. The zero-order valence-corrected chi connectivity index (χ0v) is 18.0. The third-order valence-corrected chi connectivity index (χ3v) is 5.48. The van der Waals surface area contributed by atoms with Crippen LogP contribution in [0.1, 0.15) is 33.1 Å². The van der Waals surface area contributed by atoms with Crippen LogP contribution in [0.3, 0.4) is 0 Å². The van der Waals surface area contributed by atoms with Crippen molar-refractivity contribution in [3.63, 3.8) is 0 Å². The normalized spacial score (nSPS) is 15.4. The van der Waals surface area contributed by atoms with E-state index in [1.165, 1.54) is 31.3 Å². The summed E-state index contributed by atoms with van der Waals surface area (Å²) in [5.41, 5.74) is 3.40. The van der Waals surface area contributed by atoms with Crippen molar-refractivity contribution in [1.82, 2.24) is 4.90 Å². The second-order valence-corrected chi connectivity index (χ2v) is 7.60. The molecule has 0 aromatic heterocycles. The first-order chi connectivity index (χ1) is 15.4. The van der Waals surface area contributed by atoms with Gasteiger partial charge >= 0.3 is 0 Å². The maximum Gasteiger partial charge on any atom is 0.255 e. The van der Waals surface area contributed by atoms with Crippen LogP contribution in [-0.2, 0) is 4.79 Å². The van der Waals surface area contributed by atoms with Gasteiger partial charge in [0.15, 0.2) is 11.5 Å². The molecule has 0 aliphatic carbocycles. The lowest BCUT2D eigenvalue weighted by Crippen LogP contribution is -2.39. The first-order valence-corrected chi connectivity index (χ1v) is 10.1. The van der Waals surface area contributed by atoms with Gasteiger partial charge in [0.2, 0.25) is 5.91 Å². The molecule has 164 valence electrons. The Kier molecular flexibility index (Phi) is 5.81. The summed E-state index contributed by atoms with van der Waals surface area (Å²) in [5.74, 6) is -0.141. The van der Waals surface area contributed by atoms with Crippen molar-refractivity contribution in [2.24, 2.45) is 0 Å². The van der Waals surface area contributed by atoms with Gasteiger partial charge < -0.3 is 19.7 Å². The molecular formula is C25H23FN2O4.